The lowest BCUT2D eigenvalue weighted by Gasteiger charge is -2.20. The molecule has 2 amide bonds. The van der Waals surface area contributed by atoms with E-state index in [2.05, 4.69) is 10.6 Å². The quantitative estimate of drug-likeness (QED) is 0.751. The maximum atomic E-state index is 12.0. The molecule has 5 nitrogen and oxygen atoms in total. The highest BCUT2D eigenvalue weighted by atomic mass is 16.5. The molecule has 116 valence electrons. The lowest BCUT2D eigenvalue weighted by atomic mass is 10.0. The number of amides is 2. The van der Waals surface area contributed by atoms with Gasteiger partial charge >= 0.3 is 0 Å². The second-order valence-electron chi connectivity index (χ2n) is 5.38. The van der Waals surface area contributed by atoms with Gasteiger partial charge in [0.25, 0.3) is 0 Å². The molecule has 5 heteroatoms. The van der Waals surface area contributed by atoms with Crippen LogP contribution in [-0.4, -0.2) is 31.0 Å². The average Bonchev–Trinajstić information content (AvgIpc) is 2.40. The second-order valence-corrected chi connectivity index (χ2v) is 5.38. The molecule has 0 radical (unpaired) electrons. The molecule has 1 aromatic rings. The highest BCUT2D eigenvalue weighted by Crippen LogP contribution is 2.11. The van der Waals surface area contributed by atoms with Gasteiger partial charge in [-0.3, -0.25) is 9.59 Å². The predicted octanol–water partition coefficient (Wildman–Crippen LogP) is 1.65. The van der Waals surface area contributed by atoms with Crippen LogP contribution < -0.4 is 15.4 Å². The minimum absolute atomic E-state index is 0.0339. The molecule has 0 spiro atoms. The van der Waals surface area contributed by atoms with Crippen LogP contribution in [0.1, 0.15) is 26.3 Å². The van der Waals surface area contributed by atoms with E-state index in [4.69, 9.17) is 4.74 Å². The highest BCUT2D eigenvalue weighted by molar-refractivity contribution is 5.86. The summed E-state index contributed by atoms with van der Waals surface area (Å²) in [4.78, 5) is 23.1. The van der Waals surface area contributed by atoms with Crippen LogP contribution in [0.3, 0.4) is 0 Å². The van der Waals surface area contributed by atoms with Crippen molar-refractivity contribution < 1.29 is 14.3 Å². The molecule has 2 N–H and O–H groups in total. The van der Waals surface area contributed by atoms with Crippen molar-refractivity contribution in [1.29, 1.82) is 0 Å². The van der Waals surface area contributed by atoms with Gasteiger partial charge in [0, 0.05) is 6.92 Å². The van der Waals surface area contributed by atoms with Crippen molar-refractivity contribution in [2.75, 3.05) is 13.2 Å². The zero-order chi connectivity index (χ0) is 15.8. The molecule has 1 unspecified atom stereocenters. The highest BCUT2D eigenvalue weighted by Gasteiger charge is 2.22. The summed E-state index contributed by atoms with van der Waals surface area (Å²) in [5, 5.41) is 5.43. The summed E-state index contributed by atoms with van der Waals surface area (Å²) in [5.74, 6) is 0.422. The monoisotopic (exact) mass is 292 g/mol. The van der Waals surface area contributed by atoms with E-state index in [1.165, 1.54) is 6.92 Å². The fourth-order valence-corrected chi connectivity index (χ4v) is 1.91. The van der Waals surface area contributed by atoms with Crippen LogP contribution in [0.2, 0.25) is 0 Å². The Hall–Kier alpha value is -2.04. The molecule has 0 bridgehead atoms. The van der Waals surface area contributed by atoms with Crippen molar-refractivity contribution in [3.05, 3.63) is 29.8 Å². The third-order valence-corrected chi connectivity index (χ3v) is 2.97. The molecule has 0 aliphatic heterocycles. The van der Waals surface area contributed by atoms with Gasteiger partial charge in [-0.2, -0.15) is 0 Å². The third kappa shape index (κ3) is 6.29. The van der Waals surface area contributed by atoms with E-state index in [1.54, 1.807) is 0 Å². The lowest BCUT2D eigenvalue weighted by molar-refractivity contribution is -0.129. The standard InChI is InChI=1S/C16H24N2O3/c1-11(2)15(18-13(4)19)16(20)17-8-9-21-14-7-5-6-12(3)10-14/h5-7,10-11,15H,8-9H2,1-4H3,(H,17,20)(H,18,19). The van der Waals surface area contributed by atoms with E-state index >= 15 is 0 Å². The van der Waals surface area contributed by atoms with E-state index in [9.17, 15) is 9.59 Å². The zero-order valence-electron chi connectivity index (χ0n) is 13.1. The number of rotatable bonds is 7. The summed E-state index contributed by atoms with van der Waals surface area (Å²) >= 11 is 0. The smallest absolute Gasteiger partial charge is 0.242 e. The molecule has 21 heavy (non-hydrogen) atoms. The maximum Gasteiger partial charge on any atom is 0.242 e. The average molecular weight is 292 g/mol. The minimum Gasteiger partial charge on any atom is -0.492 e. The molecular formula is C16H24N2O3. The Bertz CT molecular complexity index is 486. The van der Waals surface area contributed by atoms with Crippen molar-refractivity contribution >= 4 is 11.8 Å². The van der Waals surface area contributed by atoms with Crippen molar-refractivity contribution in [2.45, 2.75) is 33.7 Å². The van der Waals surface area contributed by atoms with Gasteiger partial charge in [0.1, 0.15) is 18.4 Å². The Balaban J connectivity index is 2.36. The SMILES string of the molecule is CC(=O)NC(C(=O)NCCOc1cccc(C)c1)C(C)C. The number of nitrogens with one attached hydrogen (secondary N) is 2. The molecule has 0 aliphatic carbocycles. The van der Waals surface area contributed by atoms with Crippen LogP contribution in [-0.2, 0) is 9.59 Å². The van der Waals surface area contributed by atoms with Gasteiger partial charge in [0.15, 0.2) is 0 Å². The summed E-state index contributed by atoms with van der Waals surface area (Å²) in [6, 6.07) is 7.23. The fraction of sp³-hybridized carbons (Fsp3) is 0.500. The number of ether oxygens (including phenoxy) is 1. The molecule has 1 aromatic carbocycles. The summed E-state index contributed by atoms with van der Waals surface area (Å²) in [6.45, 7) is 7.97. The van der Waals surface area contributed by atoms with Gasteiger partial charge < -0.3 is 15.4 Å². The van der Waals surface area contributed by atoms with Crippen LogP contribution >= 0.6 is 0 Å². The van der Waals surface area contributed by atoms with Crippen LogP contribution in [0, 0.1) is 12.8 Å². The maximum absolute atomic E-state index is 12.0. The van der Waals surface area contributed by atoms with E-state index in [0.29, 0.717) is 13.2 Å². The molecular weight excluding hydrogens is 268 g/mol. The Labute approximate surface area is 126 Å². The fourth-order valence-electron chi connectivity index (χ4n) is 1.91. The van der Waals surface area contributed by atoms with Crippen molar-refractivity contribution in [2.24, 2.45) is 5.92 Å². The molecule has 0 saturated carbocycles. The van der Waals surface area contributed by atoms with Crippen molar-refractivity contribution in [3.8, 4) is 5.75 Å². The summed E-state index contributed by atoms with van der Waals surface area (Å²) in [6.07, 6.45) is 0. The molecule has 1 atom stereocenters. The predicted molar refractivity (Wildman–Crippen MR) is 82.1 cm³/mol. The molecule has 0 fully saturated rings. The van der Waals surface area contributed by atoms with Crippen LogP contribution in [0.25, 0.3) is 0 Å². The number of benzene rings is 1. The van der Waals surface area contributed by atoms with E-state index in [1.807, 2.05) is 45.0 Å². The van der Waals surface area contributed by atoms with Crippen LogP contribution in [0.15, 0.2) is 24.3 Å². The van der Waals surface area contributed by atoms with Gasteiger partial charge in [-0.05, 0) is 30.5 Å². The first kappa shape index (κ1) is 17.0. The zero-order valence-corrected chi connectivity index (χ0v) is 13.1. The third-order valence-electron chi connectivity index (χ3n) is 2.97. The Kier molecular flexibility index (Phi) is 6.72. The first-order valence-corrected chi connectivity index (χ1v) is 7.14. The number of carbonyl (C=O) groups is 2. The molecule has 0 heterocycles. The van der Waals surface area contributed by atoms with Gasteiger partial charge in [-0.1, -0.05) is 26.0 Å². The van der Waals surface area contributed by atoms with Gasteiger partial charge in [-0.15, -0.1) is 0 Å². The van der Waals surface area contributed by atoms with Crippen molar-refractivity contribution in [1.82, 2.24) is 10.6 Å². The molecule has 0 saturated heterocycles. The molecule has 0 aliphatic rings. The molecule has 0 aromatic heterocycles. The topological polar surface area (TPSA) is 67.4 Å². The Morgan fingerprint density at radius 3 is 2.57 bits per heavy atom. The lowest BCUT2D eigenvalue weighted by Crippen LogP contribution is -2.49. The summed E-state index contributed by atoms with van der Waals surface area (Å²) in [5.41, 5.74) is 1.13. The van der Waals surface area contributed by atoms with Crippen molar-refractivity contribution in [3.63, 3.8) is 0 Å². The normalized spacial score (nSPS) is 11.9. The Morgan fingerprint density at radius 1 is 1.29 bits per heavy atom. The molecule has 1 rings (SSSR count). The van der Waals surface area contributed by atoms with Gasteiger partial charge in [0.05, 0.1) is 6.54 Å². The number of hydrogen-bond acceptors (Lipinski definition) is 3. The number of hydrogen-bond donors (Lipinski definition) is 2. The minimum atomic E-state index is -0.513. The van der Waals surface area contributed by atoms with Gasteiger partial charge in [0.2, 0.25) is 11.8 Å². The van der Waals surface area contributed by atoms with E-state index in [0.717, 1.165) is 11.3 Å². The first-order valence-electron chi connectivity index (χ1n) is 7.14. The first-order chi connectivity index (χ1) is 9.90. The number of carbonyl (C=O) groups excluding carboxylic acids is 2. The van der Waals surface area contributed by atoms with E-state index in [-0.39, 0.29) is 17.7 Å². The van der Waals surface area contributed by atoms with Gasteiger partial charge in [-0.25, -0.2) is 0 Å². The number of aryl methyl sites for hydroxylation is 1. The second kappa shape index (κ2) is 8.29. The summed E-state index contributed by atoms with van der Waals surface area (Å²) in [7, 11) is 0. The van der Waals surface area contributed by atoms with E-state index < -0.39 is 6.04 Å². The Morgan fingerprint density at radius 2 is 2.00 bits per heavy atom. The summed E-state index contributed by atoms with van der Waals surface area (Å²) < 4.78 is 5.56. The van der Waals surface area contributed by atoms with Crippen LogP contribution in [0.5, 0.6) is 5.75 Å². The van der Waals surface area contributed by atoms with Crippen LogP contribution in [0.4, 0.5) is 0 Å². The largest absolute Gasteiger partial charge is 0.492 e.